The molecule has 1 aromatic rings. The molecule has 0 unspecified atom stereocenters. The summed E-state index contributed by atoms with van der Waals surface area (Å²) in [5, 5.41) is 0.431. The van der Waals surface area contributed by atoms with Crippen molar-refractivity contribution in [1.82, 2.24) is 9.97 Å². The van der Waals surface area contributed by atoms with Gasteiger partial charge in [0.15, 0.2) is 0 Å². The lowest BCUT2D eigenvalue weighted by Gasteiger charge is -1.87. The lowest BCUT2D eigenvalue weighted by Crippen LogP contribution is -1.86. The van der Waals surface area contributed by atoms with Crippen LogP contribution in [0.25, 0.3) is 0 Å². The molecule has 0 amide bonds. The van der Waals surface area contributed by atoms with Crippen LogP contribution in [-0.2, 0) is 0 Å². The van der Waals surface area contributed by atoms with E-state index in [0.717, 1.165) is 6.42 Å². The average Bonchev–Trinajstić information content (AvgIpc) is 2.01. The van der Waals surface area contributed by atoms with E-state index in [4.69, 9.17) is 11.6 Å². The molecule has 2 nitrogen and oxygen atoms in total. The molecular weight excluding hydrogens is 160 g/mol. The second kappa shape index (κ2) is 3.95. The summed E-state index contributed by atoms with van der Waals surface area (Å²) in [4.78, 5) is 7.80. The van der Waals surface area contributed by atoms with Crippen molar-refractivity contribution in [1.29, 1.82) is 0 Å². The maximum atomic E-state index is 5.60. The summed E-state index contributed by atoms with van der Waals surface area (Å²) in [7, 11) is 0. The van der Waals surface area contributed by atoms with Gasteiger partial charge in [-0.2, -0.15) is 0 Å². The molecule has 0 aliphatic rings. The topological polar surface area (TPSA) is 25.8 Å². The number of aromatic nitrogens is 2. The van der Waals surface area contributed by atoms with E-state index >= 15 is 0 Å². The highest BCUT2D eigenvalue weighted by molar-refractivity contribution is 6.29. The van der Waals surface area contributed by atoms with Crippen LogP contribution in [0.15, 0.2) is 12.3 Å². The van der Waals surface area contributed by atoms with Gasteiger partial charge in [0, 0.05) is 12.6 Å². The summed E-state index contributed by atoms with van der Waals surface area (Å²) in [5.74, 6) is 6.12. The molecule has 0 N–H and O–H groups in total. The summed E-state index contributed by atoms with van der Waals surface area (Å²) >= 11 is 5.60. The third kappa shape index (κ3) is 2.57. The molecule has 0 atom stereocenters. The standard InChI is InChI=1S/C8H7ClN2/c1-2-3-4-8-10-6-5-7(9)11-8/h5-6H,2H2,1H3. The number of nitrogens with zero attached hydrogens (tertiary/aromatic N) is 2. The largest absolute Gasteiger partial charge is 0.229 e. The fourth-order valence-electron chi connectivity index (χ4n) is 0.564. The van der Waals surface area contributed by atoms with E-state index in [9.17, 15) is 0 Å². The summed E-state index contributed by atoms with van der Waals surface area (Å²) in [6.45, 7) is 1.97. The Balaban J connectivity index is 2.87. The van der Waals surface area contributed by atoms with E-state index in [2.05, 4.69) is 21.8 Å². The van der Waals surface area contributed by atoms with Crippen LogP contribution in [-0.4, -0.2) is 9.97 Å². The normalized spacial score (nSPS) is 8.55. The van der Waals surface area contributed by atoms with Crippen molar-refractivity contribution >= 4 is 11.6 Å². The third-order valence-electron chi connectivity index (χ3n) is 0.999. The molecule has 1 aromatic heterocycles. The highest BCUT2D eigenvalue weighted by Crippen LogP contribution is 2.00. The number of hydrogen-bond acceptors (Lipinski definition) is 2. The summed E-state index contributed by atoms with van der Waals surface area (Å²) in [5.41, 5.74) is 0. The molecule has 0 aliphatic carbocycles. The Morgan fingerprint density at radius 3 is 3.09 bits per heavy atom. The average molecular weight is 167 g/mol. The van der Waals surface area contributed by atoms with Gasteiger partial charge in [0.2, 0.25) is 5.82 Å². The Morgan fingerprint density at radius 2 is 2.45 bits per heavy atom. The molecule has 56 valence electrons. The van der Waals surface area contributed by atoms with Crippen LogP contribution < -0.4 is 0 Å². The van der Waals surface area contributed by atoms with Gasteiger partial charge in [0.25, 0.3) is 0 Å². The minimum Gasteiger partial charge on any atom is -0.229 e. The molecule has 0 saturated carbocycles. The first-order valence-electron chi connectivity index (χ1n) is 3.30. The summed E-state index contributed by atoms with van der Waals surface area (Å²) in [6.07, 6.45) is 2.39. The fraction of sp³-hybridized carbons (Fsp3) is 0.250. The predicted molar refractivity (Wildman–Crippen MR) is 44.2 cm³/mol. The Bertz CT molecular complexity index is 298. The summed E-state index contributed by atoms with van der Waals surface area (Å²) in [6, 6.07) is 1.62. The molecule has 1 rings (SSSR count). The number of hydrogen-bond donors (Lipinski definition) is 0. The van der Waals surface area contributed by atoms with Crippen molar-refractivity contribution < 1.29 is 0 Å². The molecule has 0 fully saturated rings. The van der Waals surface area contributed by atoms with Crippen LogP contribution in [0.1, 0.15) is 19.2 Å². The quantitative estimate of drug-likeness (QED) is 0.435. The van der Waals surface area contributed by atoms with Crippen LogP contribution >= 0.6 is 11.6 Å². The second-order valence-corrected chi connectivity index (χ2v) is 2.25. The minimum atomic E-state index is 0.431. The monoisotopic (exact) mass is 166 g/mol. The van der Waals surface area contributed by atoms with Crippen molar-refractivity contribution in [2.75, 3.05) is 0 Å². The van der Waals surface area contributed by atoms with Gasteiger partial charge >= 0.3 is 0 Å². The molecule has 0 saturated heterocycles. The van der Waals surface area contributed by atoms with E-state index in [1.165, 1.54) is 0 Å². The van der Waals surface area contributed by atoms with Crippen molar-refractivity contribution in [3.63, 3.8) is 0 Å². The second-order valence-electron chi connectivity index (χ2n) is 1.86. The van der Waals surface area contributed by atoms with Crippen LogP contribution in [0.4, 0.5) is 0 Å². The SMILES string of the molecule is CCC#Cc1nccc(Cl)n1. The van der Waals surface area contributed by atoms with Gasteiger partial charge in [0.05, 0.1) is 0 Å². The molecule has 0 aromatic carbocycles. The molecule has 3 heteroatoms. The lowest BCUT2D eigenvalue weighted by atomic mass is 10.4. The van der Waals surface area contributed by atoms with Gasteiger partial charge in [-0.1, -0.05) is 24.4 Å². The number of halogens is 1. The summed E-state index contributed by atoms with van der Waals surface area (Å²) < 4.78 is 0. The number of rotatable bonds is 0. The van der Waals surface area contributed by atoms with Crippen molar-refractivity contribution in [2.45, 2.75) is 13.3 Å². The zero-order chi connectivity index (χ0) is 8.10. The van der Waals surface area contributed by atoms with E-state index < -0.39 is 0 Å². The van der Waals surface area contributed by atoms with Gasteiger partial charge in [-0.15, -0.1) is 0 Å². The van der Waals surface area contributed by atoms with E-state index in [1.807, 2.05) is 6.92 Å². The Morgan fingerprint density at radius 1 is 1.64 bits per heavy atom. The maximum absolute atomic E-state index is 5.60. The van der Waals surface area contributed by atoms with E-state index in [1.54, 1.807) is 12.3 Å². The third-order valence-corrected chi connectivity index (χ3v) is 1.21. The van der Waals surface area contributed by atoms with Crippen LogP contribution in [0, 0.1) is 11.8 Å². The molecule has 1 heterocycles. The van der Waals surface area contributed by atoms with Crippen LogP contribution in [0.2, 0.25) is 5.15 Å². The molecule has 0 bridgehead atoms. The van der Waals surface area contributed by atoms with Gasteiger partial charge < -0.3 is 0 Å². The molecule has 0 radical (unpaired) electrons. The Labute approximate surface area is 70.6 Å². The first kappa shape index (κ1) is 8.03. The lowest BCUT2D eigenvalue weighted by molar-refractivity contribution is 1.12. The Hall–Kier alpha value is -1.07. The minimum absolute atomic E-state index is 0.431. The fourth-order valence-corrected chi connectivity index (χ4v) is 0.701. The zero-order valence-corrected chi connectivity index (χ0v) is 6.89. The molecular formula is C8H7ClN2. The van der Waals surface area contributed by atoms with Gasteiger partial charge in [-0.05, 0) is 12.0 Å². The van der Waals surface area contributed by atoms with Crippen LogP contribution in [0.3, 0.4) is 0 Å². The van der Waals surface area contributed by atoms with Crippen molar-refractivity contribution in [3.05, 3.63) is 23.2 Å². The molecule has 0 spiro atoms. The van der Waals surface area contributed by atoms with E-state index in [-0.39, 0.29) is 0 Å². The smallest absolute Gasteiger partial charge is 0.206 e. The van der Waals surface area contributed by atoms with E-state index in [0.29, 0.717) is 11.0 Å². The first-order valence-corrected chi connectivity index (χ1v) is 3.68. The van der Waals surface area contributed by atoms with Crippen LogP contribution in [0.5, 0.6) is 0 Å². The predicted octanol–water partition coefficient (Wildman–Crippen LogP) is 1.89. The van der Waals surface area contributed by atoms with Gasteiger partial charge in [-0.3, -0.25) is 0 Å². The maximum Gasteiger partial charge on any atom is 0.206 e. The van der Waals surface area contributed by atoms with Gasteiger partial charge in [-0.25, -0.2) is 9.97 Å². The first-order chi connectivity index (χ1) is 5.33. The molecule has 0 aliphatic heterocycles. The van der Waals surface area contributed by atoms with Gasteiger partial charge in [0.1, 0.15) is 5.15 Å². The van der Waals surface area contributed by atoms with Crippen molar-refractivity contribution in [3.8, 4) is 11.8 Å². The zero-order valence-electron chi connectivity index (χ0n) is 6.13. The highest BCUT2D eigenvalue weighted by atomic mass is 35.5. The Kier molecular flexibility index (Phi) is 2.88. The molecule has 11 heavy (non-hydrogen) atoms. The van der Waals surface area contributed by atoms with Crippen molar-refractivity contribution in [2.24, 2.45) is 0 Å². The highest BCUT2D eigenvalue weighted by Gasteiger charge is 1.89.